The fourth-order valence-electron chi connectivity index (χ4n) is 2.20. The average molecular weight is 335 g/mol. The molecule has 0 aliphatic rings. The second-order valence-corrected chi connectivity index (χ2v) is 5.39. The van der Waals surface area contributed by atoms with Crippen molar-refractivity contribution in [1.82, 2.24) is 5.32 Å². The number of halogens is 1. The summed E-state index contributed by atoms with van der Waals surface area (Å²) in [5.41, 5.74) is 8.99. The summed E-state index contributed by atoms with van der Waals surface area (Å²) in [6, 6.07) is 14.5. The van der Waals surface area contributed by atoms with E-state index in [2.05, 4.69) is 5.32 Å². The summed E-state index contributed by atoms with van der Waals surface area (Å²) in [6.45, 7) is 3.93. The fourth-order valence-corrected chi connectivity index (χ4v) is 2.20. The predicted molar refractivity (Wildman–Crippen MR) is 94.9 cm³/mol. The van der Waals surface area contributed by atoms with Gasteiger partial charge >= 0.3 is 0 Å². The summed E-state index contributed by atoms with van der Waals surface area (Å²) in [7, 11) is 1.63. The maximum atomic E-state index is 12.3. The van der Waals surface area contributed by atoms with E-state index in [1.54, 1.807) is 7.11 Å². The first kappa shape index (κ1) is 19.0. The lowest BCUT2D eigenvalue weighted by atomic mass is 10.0. The molecule has 2 unspecified atom stereocenters. The number of rotatable bonds is 5. The van der Waals surface area contributed by atoms with Gasteiger partial charge in [-0.3, -0.25) is 4.79 Å². The molecule has 0 saturated heterocycles. The van der Waals surface area contributed by atoms with Crippen molar-refractivity contribution in [3.63, 3.8) is 0 Å². The molecular formula is C18H23ClN2O2. The third-order valence-corrected chi connectivity index (χ3v) is 3.69. The van der Waals surface area contributed by atoms with Gasteiger partial charge in [0.05, 0.1) is 13.2 Å². The van der Waals surface area contributed by atoms with Crippen molar-refractivity contribution < 1.29 is 9.53 Å². The summed E-state index contributed by atoms with van der Waals surface area (Å²) in [5, 5.41) is 2.94. The van der Waals surface area contributed by atoms with Gasteiger partial charge in [-0.25, -0.2) is 0 Å². The molecule has 0 aliphatic carbocycles. The molecule has 0 aromatic heterocycles. The molecule has 3 N–H and O–H groups in total. The number of methoxy groups -OCH3 is 1. The minimum atomic E-state index is -0.665. The van der Waals surface area contributed by atoms with Crippen LogP contribution in [0, 0.1) is 6.92 Å². The highest BCUT2D eigenvalue weighted by Crippen LogP contribution is 2.18. The highest BCUT2D eigenvalue weighted by Gasteiger charge is 2.18. The fraction of sp³-hybridized carbons (Fsp3) is 0.278. The lowest BCUT2D eigenvalue weighted by Gasteiger charge is -2.18. The number of aryl methyl sites for hydroxylation is 1. The van der Waals surface area contributed by atoms with Gasteiger partial charge in [0.15, 0.2) is 0 Å². The van der Waals surface area contributed by atoms with Crippen LogP contribution in [-0.2, 0) is 4.79 Å². The number of nitrogens with two attached hydrogens (primary N) is 1. The van der Waals surface area contributed by atoms with Crippen LogP contribution in [-0.4, -0.2) is 13.0 Å². The van der Waals surface area contributed by atoms with Crippen LogP contribution in [0.1, 0.15) is 35.7 Å². The second-order valence-electron chi connectivity index (χ2n) is 5.39. The Labute approximate surface area is 143 Å². The summed E-state index contributed by atoms with van der Waals surface area (Å²) in [6.07, 6.45) is 0. The van der Waals surface area contributed by atoms with Crippen LogP contribution < -0.4 is 15.8 Å². The van der Waals surface area contributed by atoms with Crippen LogP contribution in [0.15, 0.2) is 48.5 Å². The number of carbonyl (C=O) groups is 1. The topological polar surface area (TPSA) is 64.3 Å². The van der Waals surface area contributed by atoms with Gasteiger partial charge in [-0.2, -0.15) is 0 Å². The monoisotopic (exact) mass is 334 g/mol. The molecule has 124 valence electrons. The molecule has 0 aliphatic heterocycles. The molecule has 0 heterocycles. The third kappa shape index (κ3) is 4.98. The Morgan fingerprint density at radius 3 is 2.09 bits per heavy atom. The minimum absolute atomic E-state index is 0. The first-order chi connectivity index (χ1) is 10.5. The number of hydrogen-bond acceptors (Lipinski definition) is 3. The standard InChI is InChI=1S/C18H22N2O2.ClH/c1-12-4-6-15(7-5-12)17(19)18(21)20-13(2)14-8-10-16(22-3)11-9-14;/h4-11,13,17H,19H2,1-3H3,(H,20,21);1H. The van der Waals surface area contributed by atoms with Crippen LogP contribution in [0.25, 0.3) is 0 Å². The molecule has 2 aromatic carbocycles. The molecule has 0 radical (unpaired) electrons. The molecule has 0 spiro atoms. The van der Waals surface area contributed by atoms with E-state index in [4.69, 9.17) is 10.5 Å². The zero-order valence-corrected chi connectivity index (χ0v) is 14.4. The Morgan fingerprint density at radius 1 is 1.04 bits per heavy atom. The largest absolute Gasteiger partial charge is 0.497 e. The number of hydrogen-bond donors (Lipinski definition) is 2. The van der Waals surface area contributed by atoms with Gasteiger partial charge in [-0.05, 0) is 37.1 Å². The van der Waals surface area contributed by atoms with E-state index in [-0.39, 0.29) is 24.4 Å². The highest BCUT2D eigenvalue weighted by atomic mass is 35.5. The van der Waals surface area contributed by atoms with Gasteiger partial charge in [-0.1, -0.05) is 42.0 Å². The molecule has 2 aromatic rings. The first-order valence-corrected chi connectivity index (χ1v) is 7.27. The van der Waals surface area contributed by atoms with Crippen LogP contribution in [0.3, 0.4) is 0 Å². The Kier molecular flexibility index (Phi) is 7.07. The summed E-state index contributed by atoms with van der Waals surface area (Å²) >= 11 is 0. The zero-order chi connectivity index (χ0) is 16.1. The van der Waals surface area contributed by atoms with Gasteiger partial charge in [0.25, 0.3) is 0 Å². The van der Waals surface area contributed by atoms with Crippen molar-refractivity contribution in [1.29, 1.82) is 0 Å². The van der Waals surface area contributed by atoms with Crippen molar-refractivity contribution in [2.45, 2.75) is 25.9 Å². The molecular weight excluding hydrogens is 312 g/mol. The van der Waals surface area contributed by atoms with Gasteiger partial charge < -0.3 is 15.8 Å². The molecule has 0 saturated carbocycles. The molecule has 1 amide bonds. The van der Waals surface area contributed by atoms with E-state index >= 15 is 0 Å². The van der Waals surface area contributed by atoms with Crippen LogP contribution in [0.4, 0.5) is 0 Å². The van der Waals surface area contributed by atoms with Gasteiger partial charge in [0, 0.05) is 0 Å². The Balaban J connectivity index is 0.00000264. The Hall–Kier alpha value is -2.04. The van der Waals surface area contributed by atoms with E-state index in [0.29, 0.717) is 0 Å². The molecule has 2 atom stereocenters. The molecule has 0 bridgehead atoms. The molecule has 2 rings (SSSR count). The lowest BCUT2D eigenvalue weighted by molar-refractivity contribution is -0.123. The van der Waals surface area contributed by atoms with Crippen LogP contribution in [0.2, 0.25) is 0 Å². The van der Waals surface area contributed by atoms with Crippen molar-refractivity contribution in [3.8, 4) is 5.75 Å². The number of amides is 1. The Bertz CT molecular complexity index is 626. The molecule has 0 fully saturated rings. The minimum Gasteiger partial charge on any atom is -0.497 e. The lowest BCUT2D eigenvalue weighted by Crippen LogP contribution is -2.35. The molecule has 5 heteroatoms. The summed E-state index contributed by atoms with van der Waals surface area (Å²) < 4.78 is 5.13. The van der Waals surface area contributed by atoms with E-state index in [9.17, 15) is 4.79 Å². The first-order valence-electron chi connectivity index (χ1n) is 7.27. The molecule has 23 heavy (non-hydrogen) atoms. The predicted octanol–water partition coefficient (Wildman–Crippen LogP) is 3.30. The quantitative estimate of drug-likeness (QED) is 0.881. The van der Waals surface area contributed by atoms with Gasteiger partial charge in [0.1, 0.15) is 11.8 Å². The normalized spacial score (nSPS) is 12.7. The third-order valence-electron chi connectivity index (χ3n) is 3.69. The number of benzene rings is 2. The maximum absolute atomic E-state index is 12.3. The number of ether oxygens (including phenoxy) is 1. The maximum Gasteiger partial charge on any atom is 0.241 e. The van der Waals surface area contributed by atoms with E-state index in [1.165, 1.54) is 0 Å². The van der Waals surface area contributed by atoms with Crippen LogP contribution in [0.5, 0.6) is 5.75 Å². The summed E-state index contributed by atoms with van der Waals surface area (Å²) in [4.78, 5) is 12.3. The van der Waals surface area contributed by atoms with E-state index < -0.39 is 6.04 Å². The van der Waals surface area contributed by atoms with Crippen molar-refractivity contribution in [3.05, 3.63) is 65.2 Å². The van der Waals surface area contributed by atoms with Crippen molar-refractivity contribution in [2.24, 2.45) is 5.73 Å². The van der Waals surface area contributed by atoms with Crippen molar-refractivity contribution in [2.75, 3.05) is 7.11 Å². The summed E-state index contributed by atoms with van der Waals surface area (Å²) in [5.74, 6) is 0.603. The van der Waals surface area contributed by atoms with E-state index in [0.717, 1.165) is 22.4 Å². The number of nitrogens with one attached hydrogen (secondary N) is 1. The smallest absolute Gasteiger partial charge is 0.241 e. The zero-order valence-electron chi connectivity index (χ0n) is 13.6. The van der Waals surface area contributed by atoms with E-state index in [1.807, 2.05) is 62.4 Å². The second kappa shape index (κ2) is 8.56. The SMILES string of the molecule is COc1ccc(C(C)NC(=O)C(N)c2ccc(C)cc2)cc1.Cl. The molecule has 4 nitrogen and oxygen atoms in total. The van der Waals surface area contributed by atoms with Gasteiger partial charge in [-0.15, -0.1) is 12.4 Å². The Morgan fingerprint density at radius 2 is 1.57 bits per heavy atom. The highest BCUT2D eigenvalue weighted by molar-refractivity contribution is 5.85. The van der Waals surface area contributed by atoms with Crippen LogP contribution >= 0.6 is 12.4 Å². The number of carbonyl (C=O) groups excluding carboxylic acids is 1. The van der Waals surface area contributed by atoms with Crippen molar-refractivity contribution >= 4 is 18.3 Å². The van der Waals surface area contributed by atoms with Gasteiger partial charge in [0.2, 0.25) is 5.91 Å². The average Bonchev–Trinajstić information content (AvgIpc) is 2.54.